The topological polar surface area (TPSA) is 113 Å². The smallest absolute Gasteiger partial charge is 0.253 e. The predicted molar refractivity (Wildman–Crippen MR) is 123 cm³/mol. The van der Waals surface area contributed by atoms with Gasteiger partial charge in [-0.2, -0.15) is 0 Å². The number of carbonyl (C=O) groups excluding carboxylic acids is 2. The van der Waals surface area contributed by atoms with Crippen LogP contribution in [0.15, 0.2) is 12.1 Å². The van der Waals surface area contributed by atoms with E-state index in [1.165, 1.54) is 0 Å². The summed E-state index contributed by atoms with van der Waals surface area (Å²) in [5.41, 5.74) is 14.3. The van der Waals surface area contributed by atoms with E-state index in [1.807, 2.05) is 6.07 Å². The standard InChI is InChI=1S/C23H37N5O2/c1-15-3-5-17(6-4-15)27-23(30)18-13-19(24)20(26-10-7-22(25)29)14-21(18)28-11-8-16(2)9-12-28/h13-17,26H,3-12,24H2,1-2H3,(H2,25,29)(H,27,30)/t15-,17-. The molecule has 0 aromatic heterocycles. The molecule has 1 aliphatic heterocycles. The zero-order valence-corrected chi connectivity index (χ0v) is 18.4. The minimum absolute atomic E-state index is 0.0430. The van der Waals surface area contributed by atoms with E-state index in [0.717, 1.165) is 68.9 Å². The fourth-order valence-corrected chi connectivity index (χ4v) is 4.44. The molecule has 0 spiro atoms. The second kappa shape index (κ2) is 10.0. The molecule has 30 heavy (non-hydrogen) atoms. The quantitative estimate of drug-likeness (QED) is 0.511. The molecule has 3 rings (SSSR count). The van der Waals surface area contributed by atoms with Gasteiger partial charge in [0.25, 0.3) is 5.91 Å². The molecule has 7 heteroatoms. The summed E-state index contributed by atoms with van der Waals surface area (Å²) in [6, 6.07) is 3.97. The van der Waals surface area contributed by atoms with Crippen LogP contribution in [-0.4, -0.2) is 37.5 Å². The van der Waals surface area contributed by atoms with Crippen LogP contribution in [0, 0.1) is 11.8 Å². The number of rotatable bonds is 7. The van der Waals surface area contributed by atoms with Gasteiger partial charge < -0.3 is 27.0 Å². The van der Waals surface area contributed by atoms with Gasteiger partial charge in [0.15, 0.2) is 0 Å². The Labute approximate surface area is 179 Å². The number of amides is 2. The van der Waals surface area contributed by atoms with E-state index in [0.29, 0.717) is 23.7 Å². The SMILES string of the molecule is CC1CCN(c2cc(NCCC(N)=O)c(N)cc2C(=O)N[C@H]2CC[C@H](C)CC2)CC1. The summed E-state index contributed by atoms with van der Waals surface area (Å²) in [7, 11) is 0. The largest absolute Gasteiger partial charge is 0.397 e. The van der Waals surface area contributed by atoms with Crippen molar-refractivity contribution in [2.45, 2.75) is 64.8 Å². The first-order chi connectivity index (χ1) is 14.3. The lowest BCUT2D eigenvalue weighted by Crippen LogP contribution is -2.39. The van der Waals surface area contributed by atoms with Crippen molar-refractivity contribution in [3.05, 3.63) is 17.7 Å². The van der Waals surface area contributed by atoms with E-state index in [1.54, 1.807) is 6.07 Å². The molecule has 2 aliphatic rings. The van der Waals surface area contributed by atoms with Crippen molar-refractivity contribution < 1.29 is 9.59 Å². The first kappa shape index (κ1) is 22.2. The van der Waals surface area contributed by atoms with Gasteiger partial charge in [0, 0.05) is 32.1 Å². The van der Waals surface area contributed by atoms with E-state index in [-0.39, 0.29) is 24.3 Å². The maximum atomic E-state index is 13.2. The molecule has 0 atom stereocenters. The summed E-state index contributed by atoms with van der Waals surface area (Å²) in [4.78, 5) is 26.6. The molecular weight excluding hydrogens is 378 g/mol. The monoisotopic (exact) mass is 415 g/mol. The number of primary amides is 1. The van der Waals surface area contributed by atoms with Crippen LogP contribution in [0.5, 0.6) is 0 Å². The van der Waals surface area contributed by atoms with Crippen molar-refractivity contribution >= 4 is 28.9 Å². The zero-order valence-electron chi connectivity index (χ0n) is 18.4. The first-order valence-electron chi connectivity index (χ1n) is 11.3. The Morgan fingerprint density at radius 3 is 2.30 bits per heavy atom. The summed E-state index contributed by atoms with van der Waals surface area (Å²) in [6.07, 6.45) is 6.84. The van der Waals surface area contributed by atoms with Crippen LogP contribution >= 0.6 is 0 Å². The lowest BCUT2D eigenvalue weighted by molar-refractivity contribution is -0.117. The molecule has 0 unspecified atom stereocenters. The summed E-state index contributed by atoms with van der Waals surface area (Å²) >= 11 is 0. The Morgan fingerprint density at radius 2 is 1.67 bits per heavy atom. The Bertz CT molecular complexity index is 750. The number of nitrogens with one attached hydrogen (secondary N) is 2. The fraction of sp³-hybridized carbons (Fsp3) is 0.652. The maximum Gasteiger partial charge on any atom is 0.253 e. The zero-order chi connectivity index (χ0) is 21.7. The van der Waals surface area contributed by atoms with Gasteiger partial charge in [-0.25, -0.2) is 0 Å². The average molecular weight is 416 g/mol. The highest BCUT2D eigenvalue weighted by Gasteiger charge is 2.25. The van der Waals surface area contributed by atoms with Crippen LogP contribution in [-0.2, 0) is 4.79 Å². The lowest BCUT2D eigenvalue weighted by atomic mass is 9.87. The summed E-state index contributed by atoms with van der Waals surface area (Å²) in [6.45, 7) is 6.81. The molecule has 1 heterocycles. The first-order valence-corrected chi connectivity index (χ1v) is 11.3. The Balaban J connectivity index is 1.81. The van der Waals surface area contributed by atoms with Crippen molar-refractivity contribution in [1.29, 1.82) is 0 Å². The number of carbonyl (C=O) groups is 2. The molecule has 1 aromatic rings. The number of nitrogens with zero attached hydrogens (tertiary/aromatic N) is 1. The predicted octanol–water partition coefficient (Wildman–Crippen LogP) is 3.10. The molecule has 1 aromatic carbocycles. The molecule has 7 nitrogen and oxygen atoms in total. The molecular formula is C23H37N5O2. The van der Waals surface area contributed by atoms with Crippen LogP contribution in [0.1, 0.15) is 69.2 Å². The number of hydrogen-bond donors (Lipinski definition) is 4. The van der Waals surface area contributed by atoms with Gasteiger partial charge >= 0.3 is 0 Å². The van der Waals surface area contributed by atoms with Gasteiger partial charge in [0.2, 0.25) is 5.91 Å². The normalized spacial score (nSPS) is 22.5. The number of benzene rings is 1. The number of nitrogen functional groups attached to an aromatic ring is 1. The highest BCUT2D eigenvalue weighted by atomic mass is 16.2. The Hall–Kier alpha value is -2.44. The molecule has 166 valence electrons. The number of hydrogen-bond acceptors (Lipinski definition) is 5. The average Bonchev–Trinajstić information content (AvgIpc) is 2.71. The second-order valence-corrected chi connectivity index (χ2v) is 9.20. The minimum atomic E-state index is -0.357. The van der Waals surface area contributed by atoms with Gasteiger partial charge in [0.05, 0.1) is 22.6 Å². The van der Waals surface area contributed by atoms with E-state index in [9.17, 15) is 9.59 Å². The molecule has 0 radical (unpaired) electrons. The third kappa shape index (κ3) is 5.80. The summed E-state index contributed by atoms with van der Waals surface area (Å²) in [5.74, 6) is 1.04. The highest BCUT2D eigenvalue weighted by Crippen LogP contribution is 2.33. The second-order valence-electron chi connectivity index (χ2n) is 9.20. The lowest BCUT2D eigenvalue weighted by Gasteiger charge is -2.34. The van der Waals surface area contributed by atoms with Crippen molar-refractivity contribution in [3.8, 4) is 0 Å². The van der Waals surface area contributed by atoms with Gasteiger partial charge in [-0.15, -0.1) is 0 Å². The van der Waals surface area contributed by atoms with Gasteiger partial charge in [-0.05, 0) is 62.5 Å². The molecule has 2 fully saturated rings. The number of piperidine rings is 1. The van der Waals surface area contributed by atoms with E-state index in [2.05, 4.69) is 29.4 Å². The van der Waals surface area contributed by atoms with E-state index in [4.69, 9.17) is 11.5 Å². The fourth-order valence-electron chi connectivity index (χ4n) is 4.44. The molecule has 6 N–H and O–H groups in total. The molecule has 1 saturated heterocycles. The minimum Gasteiger partial charge on any atom is -0.397 e. The summed E-state index contributed by atoms with van der Waals surface area (Å²) < 4.78 is 0. The van der Waals surface area contributed by atoms with E-state index >= 15 is 0 Å². The number of nitrogens with two attached hydrogens (primary N) is 2. The molecule has 1 aliphatic carbocycles. The van der Waals surface area contributed by atoms with Crippen LogP contribution in [0.3, 0.4) is 0 Å². The van der Waals surface area contributed by atoms with Crippen molar-refractivity contribution in [2.75, 3.05) is 35.6 Å². The maximum absolute atomic E-state index is 13.2. The highest BCUT2D eigenvalue weighted by molar-refractivity contribution is 6.02. The van der Waals surface area contributed by atoms with Crippen LogP contribution in [0.4, 0.5) is 17.1 Å². The Kier molecular flexibility index (Phi) is 7.45. The molecule has 2 amide bonds. The molecule has 1 saturated carbocycles. The van der Waals surface area contributed by atoms with Crippen LogP contribution < -0.4 is 27.0 Å². The number of anilines is 3. The third-order valence-corrected chi connectivity index (χ3v) is 6.57. The van der Waals surface area contributed by atoms with Crippen molar-refractivity contribution in [2.24, 2.45) is 17.6 Å². The van der Waals surface area contributed by atoms with Crippen molar-refractivity contribution in [3.63, 3.8) is 0 Å². The molecule has 0 bridgehead atoms. The third-order valence-electron chi connectivity index (χ3n) is 6.57. The van der Waals surface area contributed by atoms with Crippen LogP contribution in [0.2, 0.25) is 0 Å². The van der Waals surface area contributed by atoms with Crippen LogP contribution in [0.25, 0.3) is 0 Å². The van der Waals surface area contributed by atoms with Gasteiger partial charge in [-0.1, -0.05) is 13.8 Å². The summed E-state index contributed by atoms with van der Waals surface area (Å²) in [5, 5.41) is 6.45. The van der Waals surface area contributed by atoms with E-state index < -0.39 is 0 Å². The van der Waals surface area contributed by atoms with Gasteiger partial charge in [-0.3, -0.25) is 9.59 Å². The van der Waals surface area contributed by atoms with Crippen molar-refractivity contribution in [1.82, 2.24) is 5.32 Å². The Morgan fingerprint density at radius 1 is 1.03 bits per heavy atom. The van der Waals surface area contributed by atoms with Gasteiger partial charge in [0.1, 0.15) is 0 Å².